The Morgan fingerprint density at radius 3 is 3.05 bits per heavy atom. The monoisotopic (exact) mass is 278 g/mol. The molecule has 1 aromatic carbocycles. The summed E-state index contributed by atoms with van der Waals surface area (Å²) in [7, 11) is 2.14. The van der Waals surface area contributed by atoms with E-state index in [1.54, 1.807) is 11.8 Å². The first-order chi connectivity index (χ1) is 9.11. The quantitative estimate of drug-likeness (QED) is 0.918. The number of fused-ring (bicyclic) bond motifs is 1. The van der Waals surface area contributed by atoms with Gasteiger partial charge < -0.3 is 10.2 Å². The number of nitrogens with zero attached hydrogens (tertiary/aromatic N) is 1. The Balaban J connectivity index is 2.01. The number of rotatable bonds is 4. The lowest BCUT2D eigenvalue weighted by atomic mass is 9.99. The molecule has 3 nitrogen and oxygen atoms in total. The first-order valence-corrected chi connectivity index (χ1v) is 8.04. The highest BCUT2D eigenvalue weighted by Gasteiger charge is 2.14. The van der Waals surface area contributed by atoms with E-state index in [0.717, 1.165) is 13.0 Å². The lowest BCUT2D eigenvalue weighted by molar-refractivity contribution is -0.120. The zero-order chi connectivity index (χ0) is 13.8. The second kappa shape index (κ2) is 6.33. The van der Waals surface area contributed by atoms with Gasteiger partial charge in [0.2, 0.25) is 5.91 Å². The van der Waals surface area contributed by atoms with Crippen molar-refractivity contribution in [2.24, 2.45) is 0 Å². The molecule has 19 heavy (non-hydrogen) atoms. The van der Waals surface area contributed by atoms with Gasteiger partial charge in [0.1, 0.15) is 0 Å². The molecule has 0 bridgehead atoms. The van der Waals surface area contributed by atoms with E-state index in [1.165, 1.54) is 23.2 Å². The molecule has 1 atom stereocenters. The lowest BCUT2D eigenvalue weighted by Crippen LogP contribution is -2.30. The topological polar surface area (TPSA) is 32.3 Å². The van der Waals surface area contributed by atoms with Crippen LogP contribution in [-0.4, -0.2) is 31.0 Å². The maximum Gasteiger partial charge on any atom is 0.233 e. The van der Waals surface area contributed by atoms with Crippen LogP contribution in [0.3, 0.4) is 0 Å². The highest BCUT2D eigenvalue weighted by molar-refractivity contribution is 7.99. The predicted octanol–water partition coefficient (Wildman–Crippen LogP) is 2.44. The summed E-state index contributed by atoms with van der Waals surface area (Å²) < 4.78 is 0. The Bertz CT molecular complexity index is 461. The summed E-state index contributed by atoms with van der Waals surface area (Å²) in [5.74, 6) is 0.113. The number of carbonyl (C=O) groups is 1. The second-order valence-electron chi connectivity index (χ2n) is 5.08. The van der Waals surface area contributed by atoms with E-state index in [2.05, 4.69) is 35.5 Å². The van der Waals surface area contributed by atoms with Crippen molar-refractivity contribution in [3.8, 4) is 0 Å². The molecule has 1 N–H and O–H groups in total. The second-order valence-corrected chi connectivity index (χ2v) is 6.26. The Morgan fingerprint density at radius 1 is 1.53 bits per heavy atom. The summed E-state index contributed by atoms with van der Waals surface area (Å²) in [5, 5.41) is 3.01. The van der Waals surface area contributed by atoms with Gasteiger partial charge in [0, 0.05) is 25.8 Å². The SMILES string of the molecule is CS[C@@H](C)C(=O)NCc1ccc2c(c1)CCCN2C. The summed E-state index contributed by atoms with van der Waals surface area (Å²) in [5.41, 5.74) is 3.92. The fourth-order valence-electron chi connectivity index (χ4n) is 2.39. The number of nitrogens with one attached hydrogen (secondary N) is 1. The normalized spacial score (nSPS) is 15.8. The molecule has 1 aliphatic heterocycles. The van der Waals surface area contributed by atoms with Gasteiger partial charge in [-0.25, -0.2) is 0 Å². The number of hydrogen-bond acceptors (Lipinski definition) is 3. The summed E-state index contributed by atoms with van der Waals surface area (Å²) in [6.45, 7) is 3.69. The Morgan fingerprint density at radius 2 is 2.32 bits per heavy atom. The number of carbonyl (C=O) groups excluding carboxylic acids is 1. The number of benzene rings is 1. The molecule has 0 aliphatic carbocycles. The molecule has 104 valence electrons. The minimum atomic E-state index is 0.0174. The van der Waals surface area contributed by atoms with Gasteiger partial charge >= 0.3 is 0 Å². The van der Waals surface area contributed by atoms with Crippen molar-refractivity contribution in [1.82, 2.24) is 5.32 Å². The molecule has 1 aliphatic rings. The Labute approximate surface area is 119 Å². The van der Waals surface area contributed by atoms with Gasteiger partial charge in [-0.15, -0.1) is 0 Å². The zero-order valence-corrected chi connectivity index (χ0v) is 12.7. The van der Waals surface area contributed by atoms with Crippen molar-refractivity contribution in [3.63, 3.8) is 0 Å². The summed E-state index contributed by atoms with van der Waals surface area (Å²) in [4.78, 5) is 14.1. The first-order valence-electron chi connectivity index (χ1n) is 6.75. The van der Waals surface area contributed by atoms with Crippen LogP contribution >= 0.6 is 11.8 Å². The highest BCUT2D eigenvalue weighted by atomic mass is 32.2. The molecule has 4 heteroatoms. The van der Waals surface area contributed by atoms with E-state index in [4.69, 9.17) is 0 Å². The Hall–Kier alpha value is -1.16. The van der Waals surface area contributed by atoms with Gasteiger partial charge in [-0.2, -0.15) is 11.8 Å². The van der Waals surface area contributed by atoms with E-state index in [9.17, 15) is 4.79 Å². The zero-order valence-electron chi connectivity index (χ0n) is 11.9. The van der Waals surface area contributed by atoms with Crippen LogP contribution in [0.1, 0.15) is 24.5 Å². The van der Waals surface area contributed by atoms with E-state index in [0.29, 0.717) is 6.54 Å². The summed E-state index contributed by atoms with van der Waals surface area (Å²) >= 11 is 1.57. The maximum absolute atomic E-state index is 11.7. The Kier molecular flexibility index (Phi) is 4.75. The van der Waals surface area contributed by atoms with Crippen LogP contribution in [-0.2, 0) is 17.8 Å². The molecule has 1 aromatic rings. The molecule has 1 heterocycles. The van der Waals surface area contributed by atoms with Crippen LogP contribution in [0.4, 0.5) is 5.69 Å². The van der Waals surface area contributed by atoms with Gasteiger partial charge in [-0.05, 0) is 43.2 Å². The molecule has 0 aromatic heterocycles. The number of anilines is 1. The largest absolute Gasteiger partial charge is 0.374 e. The molecule has 0 spiro atoms. The smallest absolute Gasteiger partial charge is 0.233 e. The third-order valence-corrected chi connectivity index (χ3v) is 4.61. The van der Waals surface area contributed by atoms with Crippen LogP contribution in [0.15, 0.2) is 18.2 Å². The fourth-order valence-corrected chi connectivity index (χ4v) is 2.69. The fraction of sp³-hybridized carbons (Fsp3) is 0.533. The molecule has 0 radical (unpaired) electrons. The standard InChI is InChI=1S/C15H22N2OS/c1-11(19-3)15(18)16-10-12-6-7-14-13(9-12)5-4-8-17(14)2/h6-7,9,11H,4-5,8,10H2,1-3H3,(H,16,18)/t11-/m0/s1. The molecule has 1 amide bonds. The van der Waals surface area contributed by atoms with Gasteiger partial charge in [0.25, 0.3) is 0 Å². The molecular formula is C15H22N2OS. The molecule has 0 saturated heterocycles. The molecule has 2 rings (SSSR count). The van der Waals surface area contributed by atoms with E-state index in [1.807, 2.05) is 13.2 Å². The predicted molar refractivity (Wildman–Crippen MR) is 82.9 cm³/mol. The third kappa shape index (κ3) is 3.44. The average molecular weight is 278 g/mol. The maximum atomic E-state index is 11.7. The number of aryl methyl sites for hydroxylation is 1. The molecule has 0 unspecified atom stereocenters. The molecule has 0 fully saturated rings. The third-order valence-electron chi connectivity index (χ3n) is 3.68. The van der Waals surface area contributed by atoms with Crippen molar-refractivity contribution in [3.05, 3.63) is 29.3 Å². The van der Waals surface area contributed by atoms with Gasteiger partial charge in [-0.1, -0.05) is 12.1 Å². The molecule has 0 saturated carbocycles. The highest BCUT2D eigenvalue weighted by Crippen LogP contribution is 2.26. The van der Waals surface area contributed by atoms with Gasteiger partial charge in [0.05, 0.1) is 5.25 Å². The van der Waals surface area contributed by atoms with Gasteiger partial charge in [0.15, 0.2) is 0 Å². The van der Waals surface area contributed by atoms with Crippen molar-refractivity contribution >= 4 is 23.4 Å². The average Bonchev–Trinajstić information content (AvgIpc) is 2.44. The minimum absolute atomic E-state index is 0.0174. The van der Waals surface area contributed by atoms with Crippen molar-refractivity contribution in [2.45, 2.75) is 31.6 Å². The molecular weight excluding hydrogens is 256 g/mol. The van der Waals surface area contributed by atoms with Crippen LogP contribution in [0.25, 0.3) is 0 Å². The summed E-state index contributed by atoms with van der Waals surface area (Å²) in [6, 6.07) is 6.52. The van der Waals surface area contributed by atoms with Crippen LogP contribution < -0.4 is 10.2 Å². The minimum Gasteiger partial charge on any atom is -0.374 e. The number of hydrogen-bond donors (Lipinski definition) is 1. The first kappa shape index (κ1) is 14.3. The number of thioether (sulfide) groups is 1. The van der Waals surface area contributed by atoms with Crippen LogP contribution in [0.2, 0.25) is 0 Å². The van der Waals surface area contributed by atoms with Crippen LogP contribution in [0, 0.1) is 0 Å². The lowest BCUT2D eigenvalue weighted by Gasteiger charge is -2.27. The van der Waals surface area contributed by atoms with Crippen molar-refractivity contribution in [1.29, 1.82) is 0 Å². The van der Waals surface area contributed by atoms with Gasteiger partial charge in [-0.3, -0.25) is 4.79 Å². The van der Waals surface area contributed by atoms with E-state index < -0.39 is 0 Å². The van der Waals surface area contributed by atoms with E-state index in [-0.39, 0.29) is 11.2 Å². The van der Waals surface area contributed by atoms with Crippen molar-refractivity contribution < 1.29 is 4.79 Å². The van der Waals surface area contributed by atoms with E-state index >= 15 is 0 Å². The summed E-state index contributed by atoms with van der Waals surface area (Å²) in [6.07, 6.45) is 4.31. The van der Waals surface area contributed by atoms with Crippen LogP contribution in [0.5, 0.6) is 0 Å². The van der Waals surface area contributed by atoms with Crippen molar-refractivity contribution in [2.75, 3.05) is 24.7 Å². The number of amides is 1.